The second-order valence-corrected chi connectivity index (χ2v) is 7.67. The third kappa shape index (κ3) is 9.60. The van der Waals surface area contributed by atoms with Crippen LogP contribution in [0.3, 0.4) is 0 Å². The Bertz CT molecular complexity index is 458. The van der Waals surface area contributed by atoms with Crippen LogP contribution in [-0.4, -0.2) is 74.3 Å². The first-order valence-electron chi connectivity index (χ1n) is 7.20. The lowest BCUT2D eigenvalue weighted by Gasteiger charge is -2.32. The molecule has 0 heterocycles. The van der Waals surface area contributed by atoms with Crippen molar-refractivity contribution in [2.45, 2.75) is 26.7 Å². The maximum atomic E-state index is 12.0. The van der Waals surface area contributed by atoms with Crippen molar-refractivity contribution in [2.24, 2.45) is 0 Å². The third-order valence-electron chi connectivity index (χ3n) is 3.29. The molecule has 0 aliphatic carbocycles. The average molecular weight is 321 g/mol. The lowest BCUT2D eigenvalue weighted by molar-refractivity contribution is -0.889. The standard InChI is InChI=1S/C14H28N2O4S/c1-6-8-15(14(17)13(2)3)9-11-16(4,5)10-7-12-21(18,19)20/h2,6-12H2,1,3-5H3/p+1. The number of amides is 1. The molecule has 0 fully saturated rings. The van der Waals surface area contributed by atoms with E-state index in [2.05, 4.69) is 6.58 Å². The molecule has 0 aliphatic rings. The van der Waals surface area contributed by atoms with E-state index in [1.54, 1.807) is 11.8 Å². The maximum absolute atomic E-state index is 12.0. The van der Waals surface area contributed by atoms with Gasteiger partial charge < -0.3 is 9.38 Å². The molecule has 7 heteroatoms. The molecule has 0 saturated carbocycles. The first kappa shape index (κ1) is 20.1. The zero-order chi connectivity index (χ0) is 16.7. The minimum Gasteiger partial charge on any atom is -0.333 e. The molecule has 1 N–H and O–H groups in total. The zero-order valence-corrected chi connectivity index (χ0v) is 14.4. The van der Waals surface area contributed by atoms with E-state index in [1.165, 1.54) is 0 Å². The maximum Gasteiger partial charge on any atom is 0.265 e. The van der Waals surface area contributed by atoms with E-state index >= 15 is 0 Å². The van der Waals surface area contributed by atoms with E-state index in [0.717, 1.165) is 13.0 Å². The summed E-state index contributed by atoms with van der Waals surface area (Å²) in [4.78, 5) is 13.8. The summed E-state index contributed by atoms with van der Waals surface area (Å²) in [6.45, 7) is 10.1. The molecule has 0 aromatic carbocycles. The summed E-state index contributed by atoms with van der Waals surface area (Å²) >= 11 is 0. The van der Waals surface area contributed by atoms with Crippen molar-refractivity contribution in [2.75, 3.05) is 46.0 Å². The van der Waals surface area contributed by atoms with Gasteiger partial charge in [0.1, 0.15) is 0 Å². The predicted molar refractivity (Wildman–Crippen MR) is 84.6 cm³/mol. The Morgan fingerprint density at radius 3 is 2.24 bits per heavy atom. The second kappa shape index (κ2) is 8.51. The SMILES string of the molecule is C=C(C)C(=O)N(CCC)CC[N+](C)(C)CCCS(=O)(=O)O. The molecule has 0 unspecified atom stereocenters. The fraction of sp³-hybridized carbons (Fsp3) is 0.786. The zero-order valence-electron chi connectivity index (χ0n) is 13.6. The van der Waals surface area contributed by atoms with Crippen molar-refractivity contribution >= 4 is 16.0 Å². The van der Waals surface area contributed by atoms with E-state index in [0.29, 0.717) is 36.1 Å². The first-order valence-corrected chi connectivity index (χ1v) is 8.81. The Morgan fingerprint density at radius 1 is 1.24 bits per heavy atom. The molecule has 0 atom stereocenters. The molecule has 21 heavy (non-hydrogen) atoms. The number of carbonyl (C=O) groups excluding carboxylic acids is 1. The van der Waals surface area contributed by atoms with E-state index in [1.807, 2.05) is 21.0 Å². The van der Waals surface area contributed by atoms with Gasteiger partial charge in [-0.15, -0.1) is 0 Å². The monoisotopic (exact) mass is 321 g/mol. The largest absolute Gasteiger partial charge is 0.333 e. The van der Waals surface area contributed by atoms with Crippen molar-refractivity contribution in [3.63, 3.8) is 0 Å². The normalized spacial score (nSPS) is 12.2. The number of quaternary nitrogens is 1. The molecule has 0 aliphatic heterocycles. The van der Waals surface area contributed by atoms with Crippen LogP contribution in [0.1, 0.15) is 26.7 Å². The summed E-state index contributed by atoms with van der Waals surface area (Å²) in [6.07, 6.45) is 1.28. The smallest absolute Gasteiger partial charge is 0.265 e. The van der Waals surface area contributed by atoms with Crippen LogP contribution < -0.4 is 0 Å². The van der Waals surface area contributed by atoms with Gasteiger partial charge in [-0.25, -0.2) is 0 Å². The highest BCUT2D eigenvalue weighted by molar-refractivity contribution is 7.85. The van der Waals surface area contributed by atoms with Crippen molar-refractivity contribution in [1.82, 2.24) is 4.90 Å². The highest BCUT2D eigenvalue weighted by Gasteiger charge is 2.20. The Morgan fingerprint density at radius 2 is 1.81 bits per heavy atom. The molecule has 6 nitrogen and oxygen atoms in total. The van der Waals surface area contributed by atoms with Crippen LogP contribution >= 0.6 is 0 Å². The summed E-state index contributed by atoms with van der Waals surface area (Å²) in [5.41, 5.74) is 0.528. The Labute approximate surface area is 128 Å². The molecule has 0 bridgehead atoms. The molecule has 1 amide bonds. The quantitative estimate of drug-likeness (QED) is 0.372. The van der Waals surface area contributed by atoms with Crippen molar-refractivity contribution in [3.8, 4) is 0 Å². The molecule has 0 saturated heterocycles. The van der Waals surface area contributed by atoms with Gasteiger partial charge in [-0.05, 0) is 13.3 Å². The lowest BCUT2D eigenvalue weighted by Crippen LogP contribution is -2.47. The molecular weight excluding hydrogens is 292 g/mol. The molecule has 124 valence electrons. The van der Waals surface area contributed by atoms with Gasteiger partial charge in [-0.1, -0.05) is 13.5 Å². The molecule has 0 radical (unpaired) electrons. The van der Waals surface area contributed by atoms with Crippen LogP contribution in [0.25, 0.3) is 0 Å². The minimum absolute atomic E-state index is 0.0326. The number of nitrogens with zero attached hydrogens (tertiary/aromatic N) is 2. The Hall–Kier alpha value is -0.920. The molecular formula is C14H29N2O4S+. The predicted octanol–water partition coefficient (Wildman–Crippen LogP) is 1.16. The number of likely N-dealkylation sites (N-methyl/N-ethyl adjacent to an activating group) is 1. The van der Waals surface area contributed by atoms with Crippen LogP contribution in [0.2, 0.25) is 0 Å². The van der Waals surface area contributed by atoms with Gasteiger partial charge in [-0.2, -0.15) is 8.42 Å². The highest BCUT2D eigenvalue weighted by atomic mass is 32.2. The third-order valence-corrected chi connectivity index (χ3v) is 4.09. The van der Waals surface area contributed by atoms with Crippen LogP contribution in [0.15, 0.2) is 12.2 Å². The first-order chi connectivity index (χ1) is 9.48. The molecule has 0 aromatic heterocycles. The van der Waals surface area contributed by atoms with Gasteiger partial charge in [0.05, 0.1) is 39.5 Å². The van der Waals surface area contributed by atoms with Crippen molar-refractivity contribution in [3.05, 3.63) is 12.2 Å². The number of rotatable bonds is 10. The Kier molecular flexibility index (Phi) is 8.13. The fourth-order valence-corrected chi connectivity index (χ4v) is 2.53. The summed E-state index contributed by atoms with van der Waals surface area (Å²) in [7, 11) is 0.0737. The van der Waals surface area contributed by atoms with Gasteiger partial charge in [0.15, 0.2) is 0 Å². The van der Waals surface area contributed by atoms with Gasteiger partial charge in [0, 0.05) is 18.5 Å². The van der Waals surface area contributed by atoms with Gasteiger partial charge in [0.2, 0.25) is 5.91 Å². The van der Waals surface area contributed by atoms with Crippen LogP contribution in [0.5, 0.6) is 0 Å². The summed E-state index contributed by atoms with van der Waals surface area (Å²) in [5.74, 6) is -0.257. The van der Waals surface area contributed by atoms with Crippen molar-refractivity contribution < 1.29 is 22.2 Å². The van der Waals surface area contributed by atoms with Crippen LogP contribution in [-0.2, 0) is 14.9 Å². The van der Waals surface area contributed by atoms with Gasteiger partial charge >= 0.3 is 0 Å². The van der Waals surface area contributed by atoms with Gasteiger partial charge in [0.25, 0.3) is 10.1 Å². The second-order valence-electron chi connectivity index (χ2n) is 6.10. The van der Waals surface area contributed by atoms with Crippen molar-refractivity contribution in [1.29, 1.82) is 0 Å². The molecule has 0 rings (SSSR count). The number of carbonyl (C=O) groups is 1. The number of hydrogen-bond acceptors (Lipinski definition) is 3. The fourth-order valence-electron chi connectivity index (χ4n) is 2.03. The van der Waals surface area contributed by atoms with Crippen LogP contribution in [0.4, 0.5) is 0 Å². The van der Waals surface area contributed by atoms with E-state index < -0.39 is 10.1 Å². The summed E-state index contributed by atoms with van der Waals surface area (Å²) in [5, 5.41) is 0. The van der Waals surface area contributed by atoms with E-state index in [9.17, 15) is 13.2 Å². The Balaban J connectivity index is 4.42. The highest BCUT2D eigenvalue weighted by Crippen LogP contribution is 2.05. The average Bonchev–Trinajstić information content (AvgIpc) is 2.31. The topological polar surface area (TPSA) is 74.7 Å². The van der Waals surface area contributed by atoms with Crippen LogP contribution in [0, 0.1) is 0 Å². The van der Waals surface area contributed by atoms with Gasteiger partial charge in [-0.3, -0.25) is 9.35 Å². The van der Waals surface area contributed by atoms with E-state index in [4.69, 9.17) is 4.55 Å². The number of hydrogen-bond donors (Lipinski definition) is 1. The minimum atomic E-state index is -3.90. The molecule has 0 spiro atoms. The molecule has 0 aromatic rings. The summed E-state index contributed by atoms with van der Waals surface area (Å²) in [6, 6.07) is 0. The van der Waals surface area contributed by atoms with E-state index in [-0.39, 0.29) is 11.7 Å². The lowest BCUT2D eigenvalue weighted by atomic mass is 10.2. The summed E-state index contributed by atoms with van der Waals surface area (Å²) < 4.78 is 30.8.